The molecule has 0 saturated heterocycles. The van der Waals surface area contributed by atoms with E-state index in [-0.39, 0.29) is 29.8 Å². The Labute approximate surface area is 108 Å². The van der Waals surface area contributed by atoms with Crippen molar-refractivity contribution in [1.29, 1.82) is 0 Å². The van der Waals surface area contributed by atoms with E-state index in [4.69, 9.17) is 11.5 Å². The Morgan fingerprint density at radius 2 is 2.16 bits per heavy atom. The summed E-state index contributed by atoms with van der Waals surface area (Å²) in [6, 6.07) is 3.18. The number of hydrogen-bond donors (Lipinski definition) is 2. The van der Waals surface area contributed by atoms with Crippen molar-refractivity contribution in [2.45, 2.75) is 12.8 Å². The number of nitrogens with one attached hydrogen (secondary N) is 1. The van der Waals surface area contributed by atoms with Crippen LogP contribution in [0.5, 0.6) is 0 Å². The van der Waals surface area contributed by atoms with Gasteiger partial charge >= 0.3 is 5.97 Å². The van der Waals surface area contributed by atoms with E-state index in [0.29, 0.717) is 0 Å². The van der Waals surface area contributed by atoms with Crippen molar-refractivity contribution in [3.05, 3.63) is 33.9 Å². The van der Waals surface area contributed by atoms with Crippen LogP contribution in [0.4, 0.5) is 11.4 Å². The molecule has 0 spiro atoms. The Balaban J connectivity index is 3.01. The summed E-state index contributed by atoms with van der Waals surface area (Å²) in [6.45, 7) is 0. The summed E-state index contributed by atoms with van der Waals surface area (Å²) in [7, 11) is 0. The van der Waals surface area contributed by atoms with Gasteiger partial charge < -0.3 is 10.4 Å². The first-order valence-corrected chi connectivity index (χ1v) is 5.20. The number of carbonyl (C=O) groups excluding carboxylic acids is 1. The van der Waals surface area contributed by atoms with Crippen LogP contribution >= 0.6 is 0 Å². The van der Waals surface area contributed by atoms with Crippen molar-refractivity contribution in [3.63, 3.8) is 0 Å². The lowest BCUT2D eigenvalue weighted by Gasteiger charge is -2.07. The maximum absolute atomic E-state index is 11.4. The molecule has 1 rings (SSSR count). The second kappa shape index (κ2) is 6.16. The molecular formula is C12H10N2O5. The highest BCUT2D eigenvalue weighted by atomic mass is 16.6. The van der Waals surface area contributed by atoms with Crippen LogP contribution in [0.2, 0.25) is 0 Å². The summed E-state index contributed by atoms with van der Waals surface area (Å²) in [5.41, 5.74) is -0.706. The zero-order valence-corrected chi connectivity index (χ0v) is 9.75. The predicted molar refractivity (Wildman–Crippen MR) is 66.8 cm³/mol. The molecule has 0 fully saturated rings. The van der Waals surface area contributed by atoms with Crippen LogP contribution in [-0.2, 0) is 4.79 Å². The van der Waals surface area contributed by atoms with Gasteiger partial charge in [0.05, 0.1) is 16.2 Å². The number of anilines is 1. The first kappa shape index (κ1) is 14.2. The van der Waals surface area contributed by atoms with E-state index in [0.717, 1.165) is 12.1 Å². The van der Waals surface area contributed by atoms with E-state index in [2.05, 4.69) is 11.2 Å². The summed E-state index contributed by atoms with van der Waals surface area (Å²) in [4.78, 5) is 32.3. The van der Waals surface area contributed by atoms with Crippen LogP contribution in [0.1, 0.15) is 23.2 Å². The maximum Gasteiger partial charge on any atom is 0.338 e. The number of terminal acetylenes is 1. The number of nitro benzene ring substituents is 1. The van der Waals surface area contributed by atoms with Crippen molar-refractivity contribution in [2.75, 3.05) is 5.32 Å². The predicted octanol–water partition coefficient (Wildman–Crippen LogP) is 1.64. The molecule has 0 unspecified atom stereocenters. The summed E-state index contributed by atoms with van der Waals surface area (Å²) in [5.74, 6) is 0.465. The average Bonchev–Trinajstić information content (AvgIpc) is 2.36. The Hall–Kier alpha value is -2.88. The number of nitrogens with zero attached hydrogens (tertiary/aromatic N) is 1. The van der Waals surface area contributed by atoms with Gasteiger partial charge in [-0.15, -0.1) is 12.3 Å². The molecule has 98 valence electrons. The highest BCUT2D eigenvalue weighted by molar-refractivity contribution is 6.01. The zero-order chi connectivity index (χ0) is 14.4. The number of nitro groups is 1. The van der Waals surface area contributed by atoms with E-state index in [1.165, 1.54) is 6.07 Å². The normalized spacial score (nSPS) is 9.42. The van der Waals surface area contributed by atoms with Gasteiger partial charge in [0.25, 0.3) is 5.69 Å². The van der Waals surface area contributed by atoms with Gasteiger partial charge in [0.15, 0.2) is 0 Å². The molecule has 1 aromatic carbocycles. The number of carboxylic acids is 1. The molecule has 7 nitrogen and oxygen atoms in total. The van der Waals surface area contributed by atoms with Crippen LogP contribution < -0.4 is 5.32 Å². The highest BCUT2D eigenvalue weighted by Gasteiger charge is 2.17. The minimum Gasteiger partial charge on any atom is -0.478 e. The molecule has 1 aromatic rings. The largest absolute Gasteiger partial charge is 0.478 e. The SMILES string of the molecule is C#CCCC(=O)Nc1ccc([N+](=O)[O-])cc1C(=O)O. The number of benzene rings is 1. The van der Waals surface area contributed by atoms with E-state index in [1.54, 1.807) is 0 Å². The molecule has 1 amide bonds. The molecule has 0 atom stereocenters. The van der Waals surface area contributed by atoms with Gasteiger partial charge in [-0.3, -0.25) is 14.9 Å². The van der Waals surface area contributed by atoms with Crippen molar-refractivity contribution in [3.8, 4) is 12.3 Å². The zero-order valence-electron chi connectivity index (χ0n) is 9.75. The van der Waals surface area contributed by atoms with Gasteiger partial charge in [-0.05, 0) is 6.07 Å². The smallest absolute Gasteiger partial charge is 0.338 e. The Morgan fingerprint density at radius 1 is 1.47 bits per heavy atom. The fourth-order valence-corrected chi connectivity index (χ4v) is 1.33. The molecule has 0 aliphatic carbocycles. The van der Waals surface area contributed by atoms with Gasteiger partial charge in [0.1, 0.15) is 0 Å². The Bertz CT molecular complexity index is 574. The first-order chi connectivity index (χ1) is 8.95. The summed E-state index contributed by atoms with van der Waals surface area (Å²) in [6.07, 6.45) is 5.27. The van der Waals surface area contributed by atoms with E-state index >= 15 is 0 Å². The monoisotopic (exact) mass is 262 g/mol. The van der Waals surface area contributed by atoms with Crippen molar-refractivity contribution in [1.82, 2.24) is 0 Å². The number of hydrogen-bond acceptors (Lipinski definition) is 4. The maximum atomic E-state index is 11.4. The number of carboxylic acid groups (broad SMARTS) is 1. The first-order valence-electron chi connectivity index (χ1n) is 5.20. The fraction of sp³-hybridized carbons (Fsp3) is 0.167. The van der Waals surface area contributed by atoms with Crippen molar-refractivity contribution >= 4 is 23.3 Å². The third kappa shape index (κ3) is 3.81. The third-order valence-corrected chi connectivity index (χ3v) is 2.21. The third-order valence-electron chi connectivity index (χ3n) is 2.21. The molecule has 2 N–H and O–H groups in total. The second-order valence-corrected chi connectivity index (χ2v) is 3.54. The Kier molecular flexibility index (Phi) is 4.60. The number of carbonyl (C=O) groups is 2. The van der Waals surface area contributed by atoms with Gasteiger partial charge in [0.2, 0.25) is 5.91 Å². The fourth-order valence-electron chi connectivity index (χ4n) is 1.33. The molecule has 0 saturated carbocycles. The molecule has 19 heavy (non-hydrogen) atoms. The lowest BCUT2D eigenvalue weighted by atomic mass is 10.1. The van der Waals surface area contributed by atoms with Crippen LogP contribution in [-0.4, -0.2) is 21.9 Å². The Morgan fingerprint density at radius 3 is 2.68 bits per heavy atom. The lowest BCUT2D eigenvalue weighted by Crippen LogP contribution is -2.14. The molecule has 0 radical (unpaired) electrons. The standard InChI is InChI=1S/C12H10N2O5/c1-2-3-4-11(15)13-10-6-5-8(14(18)19)7-9(10)12(16)17/h1,5-7H,3-4H2,(H,13,15)(H,16,17). The van der Waals surface area contributed by atoms with Crippen LogP contribution in [0.15, 0.2) is 18.2 Å². The van der Waals surface area contributed by atoms with Crippen LogP contribution in [0.25, 0.3) is 0 Å². The van der Waals surface area contributed by atoms with Crippen molar-refractivity contribution in [2.24, 2.45) is 0 Å². The van der Waals surface area contributed by atoms with Gasteiger partial charge in [0, 0.05) is 25.0 Å². The van der Waals surface area contributed by atoms with E-state index in [1.807, 2.05) is 0 Å². The molecular weight excluding hydrogens is 252 g/mol. The lowest BCUT2D eigenvalue weighted by molar-refractivity contribution is -0.384. The number of non-ortho nitro benzene ring substituents is 1. The van der Waals surface area contributed by atoms with E-state index in [9.17, 15) is 19.7 Å². The topological polar surface area (TPSA) is 110 Å². The number of rotatable bonds is 5. The quantitative estimate of drug-likeness (QED) is 0.476. The minimum atomic E-state index is -1.36. The van der Waals surface area contributed by atoms with Gasteiger partial charge in [-0.25, -0.2) is 4.79 Å². The van der Waals surface area contributed by atoms with E-state index < -0.39 is 16.8 Å². The number of aromatic carboxylic acids is 1. The highest BCUT2D eigenvalue weighted by Crippen LogP contribution is 2.22. The summed E-state index contributed by atoms with van der Waals surface area (Å²) in [5, 5.41) is 21.9. The summed E-state index contributed by atoms with van der Waals surface area (Å²) < 4.78 is 0. The molecule has 0 aromatic heterocycles. The van der Waals surface area contributed by atoms with Gasteiger partial charge in [-0.2, -0.15) is 0 Å². The van der Waals surface area contributed by atoms with Crippen LogP contribution in [0.3, 0.4) is 0 Å². The molecule has 0 bridgehead atoms. The number of amides is 1. The van der Waals surface area contributed by atoms with Gasteiger partial charge in [-0.1, -0.05) is 0 Å². The molecule has 0 heterocycles. The average molecular weight is 262 g/mol. The molecule has 7 heteroatoms. The minimum absolute atomic E-state index is 0.000112. The second-order valence-electron chi connectivity index (χ2n) is 3.54. The van der Waals surface area contributed by atoms with Crippen molar-refractivity contribution < 1.29 is 19.6 Å². The molecule has 0 aliphatic rings. The molecule has 0 aliphatic heterocycles. The summed E-state index contributed by atoms with van der Waals surface area (Å²) >= 11 is 0. The van der Waals surface area contributed by atoms with Crippen LogP contribution in [0, 0.1) is 22.5 Å².